The van der Waals surface area contributed by atoms with E-state index in [9.17, 15) is 0 Å². The predicted molar refractivity (Wildman–Crippen MR) is 100 cm³/mol. The number of halogens is 1. The highest BCUT2D eigenvalue weighted by Gasteiger charge is 2.31. The van der Waals surface area contributed by atoms with Gasteiger partial charge in [0.2, 0.25) is 0 Å². The number of aryl methyl sites for hydroxylation is 4. The van der Waals surface area contributed by atoms with Gasteiger partial charge in [-0.25, -0.2) is 18.6 Å². The minimum atomic E-state index is -4.94. The molecule has 0 saturated carbocycles. The van der Waals surface area contributed by atoms with Gasteiger partial charge >= 0.3 is 0 Å². The molecule has 0 aliphatic rings. The van der Waals surface area contributed by atoms with E-state index in [0.717, 1.165) is 0 Å². The lowest BCUT2D eigenvalue weighted by molar-refractivity contribution is -2.00. The Morgan fingerprint density at radius 2 is 1.04 bits per heavy atom. The topological polar surface area (TPSA) is 92.2 Å². The van der Waals surface area contributed by atoms with Crippen LogP contribution >= 0.6 is 0 Å². The second-order valence-corrected chi connectivity index (χ2v) is 9.26. The zero-order chi connectivity index (χ0) is 20.9. The minimum Gasteiger partial charge on any atom is -0.222 e. The summed E-state index contributed by atoms with van der Waals surface area (Å²) < 4.78 is 34.0. The normalized spacial score (nSPS) is 12.1. The molecular weight excluding hydrogens is 396 g/mol. The summed E-state index contributed by atoms with van der Waals surface area (Å²) in [6.07, 6.45) is 0. The molecule has 6 heteroatoms. The van der Waals surface area contributed by atoms with Crippen molar-refractivity contribution in [2.45, 2.75) is 42.4 Å². The van der Waals surface area contributed by atoms with Crippen LogP contribution in [-0.4, -0.2) is 0 Å². The van der Waals surface area contributed by atoms with Crippen LogP contribution in [0.15, 0.2) is 81.4 Å². The number of hydrogen-bond acceptors (Lipinski definition) is 4. The lowest BCUT2D eigenvalue weighted by Gasteiger charge is -2.17. The Bertz CT molecular complexity index is 877. The zero-order valence-electron chi connectivity index (χ0n) is 16.3. The molecule has 0 radical (unpaired) electrons. The Hall–Kier alpha value is -1.86. The van der Waals surface area contributed by atoms with Gasteiger partial charge in [0.25, 0.3) is 0 Å². The highest BCUT2D eigenvalue weighted by molar-refractivity contribution is 7.97. The molecule has 0 amide bonds. The van der Waals surface area contributed by atoms with Crippen molar-refractivity contribution in [2.75, 3.05) is 0 Å². The highest BCUT2D eigenvalue weighted by atomic mass is 35.7. The fraction of sp³-hybridized carbons (Fsp3) is 0.182. The smallest absolute Gasteiger partial charge is 0.172 e. The zero-order valence-corrected chi connectivity index (χ0v) is 17.8. The maximum atomic E-state index is 8.49. The maximum Gasteiger partial charge on any atom is 0.172 e. The molecule has 28 heavy (non-hydrogen) atoms. The van der Waals surface area contributed by atoms with Crippen LogP contribution in [0.1, 0.15) is 22.3 Å². The molecule has 0 fully saturated rings. The number of hydrogen-bond donors (Lipinski definition) is 0. The highest BCUT2D eigenvalue weighted by Crippen LogP contribution is 2.35. The minimum absolute atomic E-state index is 0.0543. The first-order valence-electron chi connectivity index (χ1n) is 8.62. The first-order valence-corrected chi connectivity index (χ1v) is 11.1. The monoisotopic (exact) mass is 418 g/mol. The van der Waals surface area contributed by atoms with Crippen LogP contribution in [0.4, 0.5) is 0 Å². The van der Waals surface area contributed by atoms with Gasteiger partial charge in [-0.1, -0.05) is 53.6 Å². The summed E-state index contributed by atoms with van der Waals surface area (Å²) in [6, 6.07) is 24.5. The molecule has 0 N–H and O–H groups in total. The van der Waals surface area contributed by atoms with Crippen molar-refractivity contribution in [3.8, 4) is 0 Å². The van der Waals surface area contributed by atoms with Gasteiger partial charge in [-0.15, -0.1) is 10.2 Å². The maximum absolute atomic E-state index is 8.49. The van der Waals surface area contributed by atoms with Crippen molar-refractivity contribution in [3.05, 3.63) is 89.0 Å². The van der Waals surface area contributed by atoms with Crippen molar-refractivity contribution < 1.29 is 28.9 Å². The van der Waals surface area contributed by atoms with E-state index in [-0.39, 0.29) is 10.9 Å². The summed E-state index contributed by atoms with van der Waals surface area (Å²) >= 11 is 0. The van der Waals surface area contributed by atoms with E-state index in [1.165, 1.54) is 36.9 Å². The van der Waals surface area contributed by atoms with Crippen LogP contribution in [0.2, 0.25) is 0 Å². The summed E-state index contributed by atoms with van der Waals surface area (Å²) in [5.74, 6) is 0. The first-order chi connectivity index (χ1) is 13.1. The third-order valence-electron chi connectivity index (χ3n) is 4.04. The molecule has 3 rings (SSSR count). The van der Waals surface area contributed by atoms with E-state index in [0.29, 0.717) is 0 Å². The SMILES string of the molecule is Cc1ccc([S+](c2ccccc2)c2c(C)cc(C)cc2C)cc1.[O-][Cl+3]([O-])([O-])[O-]. The Morgan fingerprint density at radius 1 is 0.607 bits per heavy atom. The van der Waals surface area contributed by atoms with Gasteiger partial charge in [-0.2, -0.15) is 0 Å². The lowest BCUT2D eigenvalue weighted by Crippen LogP contribution is -2.68. The molecule has 1 unspecified atom stereocenters. The quantitative estimate of drug-likeness (QED) is 0.598. The van der Waals surface area contributed by atoms with Gasteiger partial charge < -0.3 is 0 Å². The molecule has 0 aliphatic heterocycles. The standard InChI is InChI=1S/C22H23S.ClHO4/c1-16-10-12-21(13-11-16)23(20-8-6-5-7-9-20)22-18(3)14-17(2)15-19(22)4;2-1(3,4)5/h5-15H,1-4H3;(H,2,3,4,5)/q+1;/p-1. The van der Waals surface area contributed by atoms with Crippen LogP contribution in [0.3, 0.4) is 0 Å². The molecule has 0 aliphatic carbocycles. The van der Waals surface area contributed by atoms with Crippen molar-refractivity contribution in [2.24, 2.45) is 0 Å². The summed E-state index contributed by atoms with van der Waals surface area (Å²) in [5.41, 5.74) is 5.41. The van der Waals surface area contributed by atoms with E-state index in [1.807, 2.05) is 0 Å². The van der Waals surface area contributed by atoms with Crippen LogP contribution in [0.25, 0.3) is 0 Å². The molecule has 3 aromatic carbocycles. The van der Waals surface area contributed by atoms with E-state index < -0.39 is 10.2 Å². The molecule has 3 aromatic rings. The van der Waals surface area contributed by atoms with Gasteiger partial charge in [0.1, 0.15) is 0 Å². The molecule has 1 atom stereocenters. The molecule has 0 aromatic heterocycles. The Kier molecular flexibility index (Phi) is 7.66. The van der Waals surface area contributed by atoms with Crippen LogP contribution in [0, 0.1) is 37.9 Å². The second kappa shape index (κ2) is 9.56. The second-order valence-electron chi connectivity index (χ2n) is 6.54. The average molecular weight is 419 g/mol. The number of rotatable bonds is 3. The van der Waals surface area contributed by atoms with Gasteiger partial charge in [0.05, 0.1) is 10.9 Å². The van der Waals surface area contributed by atoms with E-state index >= 15 is 0 Å². The molecule has 0 spiro atoms. The van der Waals surface area contributed by atoms with Crippen molar-refractivity contribution >= 4 is 10.9 Å². The van der Waals surface area contributed by atoms with Gasteiger partial charge in [0, 0.05) is 11.1 Å². The third-order valence-corrected chi connectivity index (χ3v) is 6.58. The molecule has 0 heterocycles. The molecule has 4 nitrogen and oxygen atoms in total. The van der Waals surface area contributed by atoms with Gasteiger partial charge in [-0.05, 0) is 52.0 Å². The summed E-state index contributed by atoms with van der Waals surface area (Å²) in [5, 5.41) is 0. The Morgan fingerprint density at radius 3 is 1.50 bits per heavy atom. The van der Waals surface area contributed by atoms with Crippen LogP contribution in [-0.2, 0) is 10.9 Å². The van der Waals surface area contributed by atoms with Crippen molar-refractivity contribution in [3.63, 3.8) is 0 Å². The molecular formula is C22H23ClO4S. The summed E-state index contributed by atoms with van der Waals surface area (Å²) in [4.78, 5) is 4.23. The largest absolute Gasteiger partial charge is 0.222 e. The summed E-state index contributed by atoms with van der Waals surface area (Å²) in [6.45, 7) is 8.81. The first kappa shape index (κ1) is 22.4. The van der Waals surface area contributed by atoms with Gasteiger partial charge in [-0.3, -0.25) is 0 Å². The van der Waals surface area contributed by atoms with Crippen molar-refractivity contribution in [1.29, 1.82) is 0 Å². The van der Waals surface area contributed by atoms with Gasteiger partial charge in [0.15, 0.2) is 14.7 Å². The van der Waals surface area contributed by atoms with Crippen LogP contribution < -0.4 is 18.6 Å². The fourth-order valence-corrected chi connectivity index (χ4v) is 5.43. The van der Waals surface area contributed by atoms with E-state index in [4.69, 9.17) is 18.6 Å². The third kappa shape index (κ3) is 6.63. The van der Waals surface area contributed by atoms with Crippen LogP contribution in [0.5, 0.6) is 0 Å². The van der Waals surface area contributed by atoms with E-state index in [1.54, 1.807) is 0 Å². The predicted octanol–water partition coefficient (Wildman–Crippen LogP) is 1.26. The fourth-order valence-electron chi connectivity index (χ4n) is 3.09. The molecule has 148 valence electrons. The lowest BCUT2D eigenvalue weighted by atomic mass is 10.1. The molecule has 0 bridgehead atoms. The van der Waals surface area contributed by atoms with E-state index in [2.05, 4.69) is 94.4 Å². The Balaban J connectivity index is 0.000000500. The van der Waals surface area contributed by atoms with Crippen molar-refractivity contribution in [1.82, 2.24) is 0 Å². The number of benzene rings is 3. The summed E-state index contributed by atoms with van der Waals surface area (Å²) in [7, 11) is -5.00. The Labute approximate surface area is 171 Å². The average Bonchev–Trinajstić information content (AvgIpc) is 2.58. The molecule has 0 saturated heterocycles.